The molecule has 1 aliphatic carbocycles. The highest BCUT2D eigenvalue weighted by Crippen LogP contribution is 2.30. The first kappa shape index (κ1) is 13.8. The molecule has 1 saturated heterocycles. The summed E-state index contributed by atoms with van der Waals surface area (Å²) in [5.41, 5.74) is 0. The SMILES string of the molecule is O=C(O)C1CC(O)CN1S(=O)(=O)C1CCCCC1. The molecule has 2 N–H and O–H groups in total. The molecule has 0 radical (unpaired) electrons. The number of carboxylic acids is 1. The van der Waals surface area contributed by atoms with E-state index in [1.54, 1.807) is 0 Å². The van der Waals surface area contributed by atoms with E-state index in [0.29, 0.717) is 12.8 Å². The number of rotatable bonds is 3. The van der Waals surface area contributed by atoms with E-state index < -0.39 is 33.4 Å². The Hall–Kier alpha value is -0.660. The molecule has 1 heterocycles. The number of hydrogen-bond acceptors (Lipinski definition) is 4. The molecule has 7 heteroatoms. The molecular weight excluding hydrogens is 258 g/mol. The van der Waals surface area contributed by atoms with Gasteiger partial charge >= 0.3 is 5.97 Å². The van der Waals surface area contributed by atoms with Crippen molar-refractivity contribution < 1.29 is 23.4 Å². The van der Waals surface area contributed by atoms with Crippen molar-refractivity contribution in [2.45, 2.75) is 55.9 Å². The molecule has 0 spiro atoms. The predicted molar refractivity (Wildman–Crippen MR) is 64.5 cm³/mol. The maximum atomic E-state index is 12.4. The van der Waals surface area contributed by atoms with E-state index in [1.165, 1.54) is 0 Å². The van der Waals surface area contributed by atoms with Crippen molar-refractivity contribution in [1.82, 2.24) is 4.31 Å². The lowest BCUT2D eigenvalue weighted by Crippen LogP contribution is -2.45. The summed E-state index contributed by atoms with van der Waals surface area (Å²) in [7, 11) is -3.60. The average molecular weight is 277 g/mol. The Kier molecular flexibility index (Phi) is 3.93. The summed E-state index contributed by atoms with van der Waals surface area (Å²) in [5, 5.41) is 18.1. The Morgan fingerprint density at radius 3 is 2.33 bits per heavy atom. The van der Waals surface area contributed by atoms with Crippen molar-refractivity contribution in [3.8, 4) is 0 Å². The molecule has 0 aromatic rings. The number of sulfonamides is 1. The standard InChI is InChI=1S/C11H19NO5S/c13-8-6-10(11(14)15)12(7-8)18(16,17)9-4-2-1-3-5-9/h8-10,13H,1-7H2,(H,14,15). The van der Waals surface area contributed by atoms with E-state index >= 15 is 0 Å². The minimum atomic E-state index is -3.60. The molecule has 2 fully saturated rings. The molecule has 0 aromatic heterocycles. The number of aliphatic hydroxyl groups excluding tert-OH is 1. The van der Waals surface area contributed by atoms with Gasteiger partial charge in [0.05, 0.1) is 11.4 Å². The minimum absolute atomic E-state index is 0.0126. The Labute approximate surface area is 107 Å². The largest absolute Gasteiger partial charge is 0.480 e. The van der Waals surface area contributed by atoms with Crippen LogP contribution in [-0.2, 0) is 14.8 Å². The minimum Gasteiger partial charge on any atom is -0.480 e. The van der Waals surface area contributed by atoms with Crippen LogP contribution in [0, 0.1) is 0 Å². The van der Waals surface area contributed by atoms with Crippen LogP contribution in [0.1, 0.15) is 38.5 Å². The van der Waals surface area contributed by atoms with Crippen molar-refractivity contribution in [3.05, 3.63) is 0 Å². The summed E-state index contributed by atoms with van der Waals surface area (Å²) in [6.07, 6.45) is 3.10. The second-order valence-electron chi connectivity index (χ2n) is 5.12. The Bertz CT molecular complexity index is 415. The molecule has 1 saturated carbocycles. The maximum absolute atomic E-state index is 12.4. The van der Waals surface area contributed by atoms with E-state index in [9.17, 15) is 18.3 Å². The van der Waals surface area contributed by atoms with Crippen LogP contribution in [0.25, 0.3) is 0 Å². The first-order valence-corrected chi connectivity index (χ1v) is 7.85. The van der Waals surface area contributed by atoms with Gasteiger partial charge in [-0.1, -0.05) is 19.3 Å². The smallest absolute Gasteiger partial charge is 0.322 e. The van der Waals surface area contributed by atoms with Gasteiger partial charge in [0.25, 0.3) is 0 Å². The predicted octanol–water partition coefficient (Wildman–Crippen LogP) is 0.169. The van der Waals surface area contributed by atoms with Gasteiger partial charge in [-0.3, -0.25) is 4.79 Å². The number of β-amino-alcohol motifs (C(OH)–C–C–N with tert-alkyl or cyclic N) is 1. The molecule has 0 bridgehead atoms. The maximum Gasteiger partial charge on any atom is 0.322 e. The van der Waals surface area contributed by atoms with Gasteiger partial charge < -0.3 is 10.2 Å². The normalized spacial score (nSPS) is 31.6. The van der Waals surface area contributed by atoms with Crippen LogP contribution in [-0.4, -0.2) is 52.8 Å². The van der Waals surface area contributed by atoms with Gasteiger partial charge in [-0.2, -0.15) is 4.31 Å². The molecule has 6 nitrogen and oxygen atoms in total. The van der Waals surface area contributed by atoms with Gasteiger partial charge in [0.1, 0.15) is 6.04 Å². The van der Waals surface area contributed by atoms with Crippen molar-refractivity contribution in [2.24, 2.45) is 0 Å². The van der Waals surface area contributed by atoms with E-state index in [2.05, 4.69) is 0 Å². The molecule has 18 heavy (non-hydrogen) atoms. The Balaban J connectivity index is 2.20. The summed E-state index contributed by atoms with van der Waals surface area (Å²) >= 11 is 0. The zero-order chi connectivity index (χ0) is 13.3. The Morgan fingerprint density at radius 2 is 1.78 bits per heavy atom. The first-order chi connectivity index (χ1) is 8.43. The van der Waals surface area contributed by atoms with Crippen LogP contribution in [0.3, 0.4) is 0 Å². The van der Waals surface area contributed by atoms with Crippen LogP contribution in [0.15, 0.2) is 0 Å². The highest BCUT2D eigenvalue weighted by molar-refractivity contribution is 7.89. The monoisotopic (exact) mass is 277 g/mol. The van der Waals surface area contributed by atoms with Gasteiger partial charge in [0.15, 0.2) is 0 Å². The second kappa shape index (κ2) is 5.14. The molecule has 0 aromatic carbocycles. The number of aliphatic hydroxyl groups is 1. The van der Waals surface area contributed by atoms with Gasteiger partial charge in [0, 0.05) is 13.0 Å². The third-order valence-electron chi connectivity index (χ3n) is 3.82. The topological polar surface area (TPSA) is 94.9 Å². The second-order valence-corrected chi connectivity index (χ2v) is 7.28. The van der Waals surface area contributed by atoms with E-state index in [1.807, 2.05) is 0 Å². The van der Waals surface area contributed by atoms with E-state index in [4.69, 9.17) is 5.11 Å². The molecule has 0 amide bonds. The molecule has 104 valence electrons. The van der Waals surface area contributed by atoms with Crippen molar-refractivity contribution in [1.29, 1.82) is 0 Å². The lowest BCUT2D eigenvalue weighted by molar-refractivity contribution is -0.140. The third kappa shape index (κ3) is 2.53. The van der Waals surface area contributed by atoms with Gasteiger partial charge in [-0.25, -0.2) is 8.42 Å². The van der Waals surface area contributed by atoms with Gasteiger partial charge in [-0.05, 0) is 12.8 Å². The number of nitrogens with zero attached hydrogens (tertiary/aromatic N) is 1. The fraction of sp³-hybridized carbons (Fsp3) is 0.909. The molecule has 1 aliphatic heterocycles. The quantitative estimate of drug-likeness (QED) is 0.766. The first-order valence-electron chi connectivity index (χ1n) is 6.34. The van der Waals surface area contributed by atoms with Crippen LogP contribution in [0.2, 0.25) is 0 Å². The van der Waals surface area contributed by atoms with Crippen LogP contribution >= 0.6 is 0 Å². The number of carbonyl (C=O) groups is 1. The zero-order valence-corrected chi connectivity index (χ0v) is 11.0. The molecule has 2 atom stereocenters. The fourth-order valence-electron chi connectivity index (χ4n) is 2.84. The number of aliphatic carboxylic acids is 1. The Morgan fingerprint density at radius 1 is 1.17 bits per heavy atom. The van der Waals surface area contributed by atoms with Crippen molar-refractivity contribution >= 4 is 16.0 Å². The van der Waals surface area contributed by atoms with Crippen molar-refractivity contribution in [3.63, 3.8) is 0 Å². The summed E-state index contributed by atoms with van der Waals surface area (Å²) < 4.78 is 25.8. The third-order valence-corrected chi connectivity index (χ3v) is 6.19. The lowest BCUT2D eigenvalue weighted by Gasteiger charge is -2.28. The van der Waals surface area contributed by atoms with Gasteiger partial charge in [-0.15, -0.1) is 0 Å². The fourth-order valence-corrected chi connectivity index (χ4v) is 5.07. The number of hydrogen-bond donors (Lipinski definition) is 2. The van der Waals surface area contributed by atoms with Crippen molar-refractivity contribution in [2.75, 3.05) is 6.54 Å². The molecule has 2 aliphatic rings. The highest BCUT2D eigenvalue weighted by Gasteiger charge is 2.45. The van der Waals surface area contributed by atoms with E-state index in [0.717, 1.165) is 23.6 Å². The molecule has 2 rings (SSSR count). The van der Waals surface area contributed by atoms with Crippen LogP contribution in [0.5, 0.6) is 0 Å². The van der Waals surface area contributed by atoms with Gasteiger partial charge in [0.2, 0.25) is 10.0 Å². The summed E-state index contributed by atoms with van der Waals surface area (Å²) in [6, 6.07) is -1.10. The van der Waals surface area contributed by atoms with E-state index in [-0.39, 0.29) is 13.0 Å². The summed E-state index contributed by atoms with van der Waals surface area (Å²) in [6.45, 7) is -0.0875. The molecule has 2 unspecified atom stereocenters. The highest BCUT2D eigenvalue weighted by atomic mass is 32.2. The lowest BCUT2D eigenvalue weighted by atomic mass is 10.0. The number of carboxylic acid groups (broad SMARTS) is 1. The average Bonchev–Trinajstić information content (AvgIpc) is 2.73. The molecular formula is C11H19NO5S. The zero-order valence-electron chi connectivity index (χ0n) is 10.2. The van der Waals surface area contributed by atoms with Crippen LogP contribution < -0.4 is 0 Å². The summed E-state index contributed by atoms with van der Waals surface area (Å²) in [5.74, 6) is -1.18. The van der Waals surface area contributed by atoms with Crippen LogP contribution in [0.4, 0.5) is 0 Å². The summed E-state index contributed by atoms with van der Waals surface area (Å²) in [4.78, 5) is 11.1.